The van der Waals surface area contributed by atoms with Crippen molar-refractivity contribution in [3.05, 3.63) is 0 Å². The first-order chi connectivity index (χ1) is 10.0. The summed E-state index contributed by atoms with van der Waals surface area (Å²) in [6.07, 6.45) is 9.87. The van der Waals surface area contributed by atoms with Crippen molar-refractivity contribution in [3.63, 3.8) is 0 Å². The summed E-state index contributed by atoms with van der Waals surface area (Å²) in [6.45, 7) is 9.87. The van der Waals surface area contributed by atoms with Gasteiger partial charge in [-0.1, -0.05) is 6.42 Å². The minimum absolute atomic E-state index is 0.824. The SMILES string of the molecule is CC1CCC(C)N1C.CN1CCCC1.CN1CCCCC1. The van der Waals surface area contributed by atoms with Crippen LogP contribution in [0.2, 0.25) is 0 Å². The van der Waals surface area contributed by atoms with E-state index >= 15 is 0 Å². The van der Waals surface area contributed by atoms with Crippen LogP contribution in [0.3, 0.4) is 0 Å². The molecule has 3 fully saturated rings. The molecule has 3 nitrogen and oxygen atoms in total. The van der Waals surface area contributed by atoms with Crippen LogP contribution in [-0.4, -0.2) is 74.1 Å². The third-order valence-corrected chi connectivity index (χ3v) is 5.30. The second-order valence-corrected chi connectivity index (χ2v) is 7.32. The lowest BCUT2D eigenvalue weighted by atomic mass is 10.1. The van der Waals surface area contributed by atoms with Crippen molar-refractivity contribution in [2.24, 2.45) is 0 Å². The molecule has 3 aliphatic heterocycles. The van der Waals surface area contributed by atoms with Gasteiger partial charge in [-0.25, -0.2) is 0 Å². The zero-order chi connectivity index (χ0) is 15.7. The van der Waals surface area contributed by atoms with Gasteiger partial charge in [0.05, 0.1) is 0 Å². The van der Waals surface area contributed by atoms with Gasteiger partial charge in [0, 0.05) is 12.1 Å². The number of hydrogen-bond acceptors (Lipinski definition) is 3. The van der Waals surface area contributed by atoms with Crippen LogP contribution in [0, 0.1) is 0 Å². The predicted octanol–water partition coefficient (Wildman–Crippen LogP) is 3.30. The van der Waals surface area contributed by atoms with E-state index in [9.17, 15) is 0 Å². The molecule has 0 saturated carbocycles. The fraction of sp³-hybridized carbons (Fsp3) is 1.00. The first-order valence-corrected chi connectivity index (χ1v) is 9.09. The quantitative estimate of drug-likeness (QED) is 0.679. The molecule has 2 unspecified atom stereocenters. The molecule has 0 aromatic heterocycles. The lowest BCUT2D eigenvalue weighted by Gasteiger charge is -2.20. The number of piperidine rings is 1. The molecule has 3 heteroatoms. The van der Waals surface area contributed by atoms with E-state index in [1.165, 1.54) is 71.1 Å². The van der Waals surface area contributed by atoms with Crippen LogP contribution >= 0.6 is 0 Å². The average Bonchev–Trinajstić information content (AvgIpc) is 3.06. The van der Waals surface area contributed by atoms with E-state index in [0.29, 0.717) is 0 Å². The Balaban J connectivity index is 0.000000159. The van der Waals surface area contributed by atoms with Gasteiger partial charge in [-0.05, 0) is 99.7 Å². The van der Waals surface area contributed by atoms with E-state index in [0.717, 1.165) is 12.1 Å². The molecular formula is C18H39N3. The Hall–Kier alpha value is -0.120. The minimum Gasteiger partial charge on any atom is -0.306 e. The van der Waals surface area contributed by atoms with E-state index < -0.39 is 0 Å². The molecule has 3 rings (SSSR count). The Kier molecular flexibility index (Phi) is 9.54. The number of rotatable bonds is 0. The fourth-order valence-corrected chi connectivity index (χ4v) is 3.25. The molecule has 126 valence electrons. The zero-order valence-electron chi connectivity index (χ0n) is 15.3. The van der Waals surface area contributed by atoms with Gasteiger partial charge in [-0.2, -0.15) is 0 Å². The summed E-state index contributed by atoms with van der Waals surface area (Å²) in [7, 11) is 6.58. The van der Waals surface area contributed by atoms with Crippen LogP contribution in [0.15, 0.2) is 0 Å². The molecule has 0 aromatic rings. The molecule has 2 atom stereocenters. The summed E-state index contributed by atoms with van der Waals surface area (Å²) >= 11 is 0. The van der Waals surface area contributed by atoms with Gasteiger partial charge in [0.1, 0.15) is 0 Å². The Bertz CT molecular complexity index is 235. The Morgan fingerprint density at radius 2 is 0.905 bits per heavy atom. The van der Waals surface area contributed by atoms with Crippen LogP contribution in [0.1, 0.15) is 58.8 Å². The van der Waals surface area contributed by atoms with Crippen LogP contribution < -0.4 is 0 Å². The van der Waals surface area contributed by atoms with Gasteiger partial charge >= 0.3 is 0 Å². The standard InChI is InChI=1S/C7H15N.C6H13N.C5H11N/c1-6-4-5-7(2)8(6)3;1-7-5-3-2-4-6-7;1-6-4-2-3-5-6/h6-7H,4-5H2,1-3H3;2-6H2,1H3;2-5H2,1H3. The summed E-state index contributed by atoms with van der Waals surface area (Å²) in [5.41, 5.74) is 0. The average molecular weight is 298 g/mol. The number of nitrogens with zero attached hydrogens (tertiary/aromatic N) is 3. The van der Waals surface area contributed by atoms with Crippen LogP contribution in [-0.2, 0) is 0 Å². The highest BCUT2D eigenvalue weighted by atomic mass is 15.2. The molecule has 21 heavy (non-hydrogen) atoms. The largest absolute Gasteiger partial charge is 0.306 e. The maximum absolute atomic E-state index is 2.44. The molecule has 3 aliphatic rings. The van der Waals surface area contributed by atoms with Crippen molar-refractivity contribution in [2.75, 3.05) is 47.3 Å². The van der Waals surface area contributed by atoms with Crippen LogP contribution in [0.5, 0.6) is 0 Å². The molecule has 3 heterocycles. The fourth-order valence-electron chi connectivity index (χ4n) is 3.25. The van der Waals surface area contributed by atoms with Gasteiger partial charge in [0.25, 0.3) is 0 Å². The summed E-state index contributed by atoms with van der Waals surface area (Å²) in [6, 6.07) is 1.65. The van der Waals surface area contributed by atoms with E-state index in [2.05, 4.69) is 49.7 Å². The van der Waals surface area contributed by atoms with Gasteiger partial charge in [0.15, 0.2) is 0 Å². The molecule has 0 spiro atoms. The first-order valence-electron chi connectivity index (χ1n) is 9.09. The third-order valence-electron chi connectivity index (χ3n) is 5.30. The third kappa shape index (κ3) is 8.18. The number of likely N-dealkylation sites (tertiary alicyclic amines) is 3. The van der Waals surface area contributed by atoms with Crippen LogP contribution in [0.25, 0.3) is 0 Å². The van der Waals surface area contributed by atoms with E-state index in [1.54, 1.807) is 0 Å². The number of hydrogen-bond donors (Lipinski definition) is 0. The Morgan fingerprint density at radius 1 is 0.571 bits per heavy atom. The summed E-state index contributed by atoms with van der Waals surface area (Å²) in [5, 5.41) is 0. The lowest BCUT2D eigenvalue weighted by molar-refractivity contribution is 0.267. The summed E-state index contributed by atoms with van der Waals surface area (Å²) in [5.74, 6) is 0. The second-order valence-electron chi connectivity index (χ2n) is 7.32. The van der Waals surface area contributed by atoms with Crippen molar-refractivity contribution in [1.29, 1.82) is 0 Å². The summed E-state index contributed by atoms with van der Waals surface area (Å²) < 4.78 is 0. The zero-order valence-corrected chi connectivity index (χ0v) is 15.3. The second kappa shape index (κ2) is 10.6. The monoisotopic (exact) mass is 297 g/mol. The highest BCUT2D eigenvalue weighted by Crippen LogP contribution is 2.20. The highest BCUT2D eigenvalue weighted by molar-refractivity contribution is 4.78. The van der Waals surface area contributed by atoms with Crippen molar-refractivity contribution >= 4 is 0 Å². The smallest absolute Gasteiger partial charge is 0.00672 e. The van der Waals surface area contributed by atoms with Crippen molar-refractivity contribution in [1.82, 2.24) is 14.7 Å². The Morgan fingerprint density at radius 3 is 1.05 bits per heavy atom. The van der Waals surface area contributed by atoms with Crippen molar-refractivity contribution < 1.29 is 0 Å². The molecular weight excluding hydrogens is 258 g/mol. The topological polar surface area (TPSA) is 9.72 Å². The minimum atomic E-state index is 0.824. The predicted molar refractivity (Wildman–Crippen MR) is 94.0 cm³/mol. The van der Waals surface area contributed by atoms with Crippen molar-refractivity contribution in [2.45, 2.75) is 70.9 Å². The molecule has 3 saturated heterocycles. The molecule has 0 aliphatic carbocycles. The first kappa shape index (κ1) is 18.9. The van der Waals surface area contributed by atoms with Gasteiger partial charge in [-0.15, -0.1) is 0 Å². The molecule has 0 bridgehead atoms. The van der Waals surface area contributed by atoms with E-state index in [1.807, 2.05) is 0 Å². The van der Waals surface area contributed by atoms with Gasteiger partial charge in [0.2, 0.25) is 0 Å². The molecule has 0 aromatic carbocycles. The molecule has 0 N–H and O–H groups in total. The maximum atomic E-state index is 2.44. The van der Waals surface area contributed by atoms with E-state index in [-0.39, 0.29) is 0 Å². The van der Waals surface area contributed by atoms with Crippen molar-refractivity contribution in [3.8, 4) is 0 Å². The molecule has 0 amide bonds. The summed E-state index contributed by atoms with van der Waals surface area (Å²) in [4.78, 5) is 7.20. The maximum Gasteiger partial charge on any atom is 0.00672 e. The van der Waals surface area contributed by atoms with E-state index in [4.69, 9.17) is 0 Å². The van der Waals surface area contributed by atoms with Crippen LogP contribution in [0.4, 0.5) is 0 Å². The molecule has 0 radical (unpaired) electrons. The Labute approximate surface area is 133 Å². The van der Waals surface area contributed by atoms with Gasteiger partial charge in [-0.3, -0.25) is 0 Å². The van der Waals surface area contributed by atoms with Gasteiger partial charge < -0.3 is 14.7 Å². The highest BCUT2D eigenvalue weighted by Gasteiger charge is 2.22. The normalized spacial score (nSPS) is 31.3. The lowest BCUT2D eigenvalue weighted by Crippen LogP contribution is -2.27.